The van der Waals surface area contributed by atoms with Gasteiger partial charge in [-0.15, -0.1) is 0 Å². The van der Waals surface area contributed by atoms with Gasteiger partial charge in [-0.2, -0.15) is 0 Å². The number of nitrogens with zero attached hydrogens (tertiary/aromatic N) is 1. The zero-order chi connectivity index (χ0) is 12.3. The first-order chi connectivity index (χ1) is 8.24. The molecule has 0 bridgehead atoms. The number of nitrogens with two attached hydrogens (primary N) is 1. The Labute approximate surface area is 103 Å². The Hall–Kier alpha value is -1.25. The van der Waals surface area contributed by atoms with E-state index in [2.05, 4.69) is 11.8 Å². The summed E-state index contributed by atoms with van der Waals surface area (Å²) >= 11 is 0. The molecule has 1 aliphatic rings. The van der Waals surface area contributed by atoms with E-state index < -0.39 is 0 Å². The lowest BCUT2D eigenvalue weighted by Crippen LogP contribution is -2.37. The lowest BCUT2D eigenvalue weighted by molar-refractivity contribution is 0.415. The molecule has 2 nitrogen and oxygen atoms in total. The number of rotatable bonds is 3. The van der Waals surface area contributed by atoms with Gasteiger partial charge in [0.05, 0.1) is 11.4 Å². The van der Waals surface area contributed by atoms with Gasteiger partial charge in [0, 0.05) is 12.6 Å². The van der Waals surface area contributed by atoms with E-state index in [1.54, 1.807) is 12.1 Å². The molecule has 0 aromatic heterocycles. The van der Waals surface area contributed by atoms with Crippen molar-refractivity contribution in [1.29, 1.82) is 0 Å². The van der Waals surface area contributed by atoms with Crippen LogP contribution >= 0.6 is 0 Å². The van der Waals surface area contributed by atoms with Crippen LogP contribution in [-0.2, 0) is 0 Å². The maximum atomic E-state index is 13.9. The largest absolute Gasteiger partial charge is 0.397 e. The molecule has 1 fully saturated rings. The van der Waals surface area contributed by atoms with Crippen molar-refractivity contribution in [3.05, 3.63) is 24.0 Å². The second-order valence-corrected chi connectivity index (χ2v) is 4.76. The molecule has 1 aliphatic carbocycles. The van der Waals surface area contributed by atoms with Crippen LogP contribution in [0.4, 0.5) is 15.8 Å². The summed E-state index contributed by atoms with van der Waals surface area (Å²) in [5.74, 6) is -0.197. The number of nitrogen functional groups attached to an aromatic ring is 1. The number of para-hydroxylation sites is 1. The first-order valence-corrected chi connectivity index (χ1v) is 6.54. The Bertz CT molecular complexity index is 352. The van der Waals surface area contributed by atoms with E-state index in [-0.39, 0.29) is 5.82 Å². The van der Waals surface area contributed by atoms with Gasteiger partial charge in [-0.05, 0) is 31.9 Å². The Morgan fingerprint density at radius 3 is 2.59 bits per heavy atom. The van der Waals surface area contributed by atoms with Crippen molar-refractivity contribution in [2.75, 3.05) is 17.2 Å². The highest BCUT2D eigenvalue weighted by Gasteiger charge is 2.23. The zero-order valence-corrected chi connectivity index (χ0v) is 10.5. The Balaban J connectivity index is 2.27. The number of halogens is 1. The summed E-state index contributed by atoms with van der Waals surface area (Å²) in [5, 5.41) is 0. The molecule has 1 saturated carbocycles. The van der Waals surface area contributed by atoms with Gasteiger partial charge in [0.25, 0.3) is 0 Å². The molecule has 0 spiro atoms. The van der Waals surface area contributed by atoms with Gasteiger partial charge in [0.15, 0.2) is 0 Å². The van der Waals surface area contributed by atoms with Crippen LogP contribution < -0.4 is 10.6 Å². The van der Waals surface area contributed by atoms with Crippen molar-refractivity contribution in [2.45, 2.75) is 45.1 Å². The number of anilines is 2. The molecule has 3 heteroatoms. The third-order valence-electron chi connectivity index (χ3n) is 3.66. The molecule has 0 aliphatic heterocycles. The molecule has 17 heavy (non-hydrogen) atoms. The quantitative estimate of drug-likeness (QED) is 0.813. The van der Waals surface area contributed by atoms with Crippen LogP contribution in [0.2, 0.25) is 0 Å². The van der Waals surface area contributed by atoms with Crippen molar-refractivity contribution in [1.82, 2.24) is 0 Å². The molecule has 0 amide bonds. The smallest absolute Gasteiger partial charge is 0.148 e. The van der Waals surface area contributed by atoms with Gasteiger partial charge in [0.2, 0.25) is 0 Å². The maximum absolute atomic E-state index is 13.9. The minimum atomic E-state index is -0.197. The fourth-order valence-corrected chi connectivity index (χ4v) is 2.83. The van der Waals surface area contributed by atoms with Crippen LogP contribution in [-0.4, -0.2) is 12.6 Å². The number of benzene rings is 1. The highest BCUT2D eigenvalue weighted by molar-refractivity contribution is 5.68. The highest BCUT2D eigenvalue weighted by atomic mass is 19.1. The Morgan fingerprint density at radius 1 is 1.29 bits per heavy atom. The molecule has 0 atom stereocenters. The average Bonchev–Trinajstić information content (AvgIpc) is 2.35. The topological polar surface area (TPSA) is 29.3 Å². The Kier molecular flexibility index (Phi) is 3.87. The average molecular weight is 236 g/mol. The van der Waals surface area contributed by atoms with Gasteiger partial charge in [0.1, 0.15) is 5.82 Å². The predicted molar refractivity (Wildman–Crippen MR) is 70.7 cm³/mol. The molecule has 0 unspecified atom stereocenters. The lowest BCUT2D eigenvalue weighted by Gasteiger charge is -2.36. The summed E-state index contributed by atoms with van der Waals surface area (Å²) in [6, 6.07) is 5.40. The van der Waals surface area contributed by atoms with Crippen molar-refractivity contribution in [3.63, 3.8) is 0 Å². The molecule has 0 heterocycles. The molecule has 0 radical (unpaired) electrons. The van der Waals surface area contributed by atoms with Gasteiger partial charge in [-0.25, -0.2) is 4.39 Å². The monoisotopic (exact) mass is 236 g/mol. The summed E-state index contributed by atoms with van der Waals surface area (Å²) in [6.45, 7) is 2.89. The summed E-state index contributed by atoms with van der Waals surface area (Å²) in [4.78, 5) is 2.14. The highest BCUT2D eigenvalue weighted by Crippen LogP contribution is 2.32. The molecule has 0 saturated heterocycles. The van der Waals surface area contributed by atoms with Crippen LogP contribution in [0.5, 0.6) is 0 Å². The van der Waals surface area contributed by atoms with E-state index >= 15 is 0 Å². The van der Waals surface area contributed by atoms with E-state index in [0.717, 1.165) is 19.4 Å². The lowest BCUT2D eigenvalue weighted by atomic mass is 9.93. The minimum Gasteiger partial charge on any atom is -0.397 e. The minimum absolute atomic E-state index is 0.197. The first-order valence-electron chi connectivity index (χ1n) is 6.54. The van der Waals surface area contributed by atoms with Gasteiger partial charge < -0.3 is 10.6 Å². The van der Waals surface area contributed by atoms with E-state index in [0.29, 0.717) is 17.4 Å². The fourth-order valence-electron chi connectivity index (χ4n) is 2.83. The summed E-state index contributed by atoms with van der Waals surface area (Å²) in [7, 11) is 0. The number of hydrogen-bond donors (Lipinski definition) is 1. The van der Waals surface area contributed by atoms with E-state index in [4.69, 9.17) is 5.73 Å². The van der Waals surface area contributed by atoms with Crippen LogP contribution in [0.25, 0.3) is 0 Å². The summed E-state index contributed by atoms with van der Waals surface area (Å²) in [6.07, 6.45) is 6.11. The fraction of sp³-hybridized carbons (Fsp3) is 0.571. The summed E-state index contributed by atoms with van der Waals surface area (Å²) in [5.41, 5.74) is 7.08. The second kappa shape index (κ2) is 5.39. The maximum Gasteiger partial charge on any atom is 0.148 e. The van der Waals surface area contributed by atoms with Crippen LogP contribution in [0, 0.1) is 5.82 Å². The van der Waals surface area contributed by atoms with Crippen LogP contribution in [0.15, 0.2) is 18.2 Å². The zero-order valence-electron chi connectivity index (χ0n) is 10.5. The molecule has 1 aromatic carbocycles. The van der Waals surface area contributed by atoms with Crippen LogP contribution in [0.1, 0.15) is 39.0 Å². The molecule has 1 aromatic rings. The normalized spacial score (nSPS) is 17.1. The Morgan fingerprint density at radius 2 is 2.00 bits per heavy atom. The molecule has 94 valence electrons. The summed E-state index contributed by atoms with van der Waals surface area (Å²) < 4.78 is 13.9. The molecule has 2 rings (SSSR count). The van der Waals surface area contributed by atoms with Crippen molar-refractivity contribution in [2.24, 2.45) is 0 Å². The molecule has 2 N–H and O–H groups in total. The van der Waals surface area contributed by atoms with Crippen molar-refractivity contribution < 1.29 is 4.39 Å². The molecular weight excluding hydrogens is 215 g/mol. The SMILES string of the molecule is CCN(c1c(N)cccc1F)C1CCCCC1. The standard InChI is InChI=1S/C14H21FN2/c1-2-17(11-7-4-3-5-8-11)14-12(15)9-6-10-13(14)16/h6,9-11H,2-5,7-8,16H2,1H3. The molecular formula is C14H21FN2. The predicted octanol–water partition coefficient (Wildman–Crippen LogP) is 3.57. The van der Waals surface area contributed by atoms with E-state index in [1.165, 1.54) is 25.3 Å². The number of hydrogen-bond acceptors (Lipinski definition) is 2. The van der Waals surface area contributed by atoms with Crippen LogP contribution in [0.3, 0.4) is 0 Å². The third kappa shape index (κ3) is 2.54. The van der Waals surface area contributed by atoms with E-state index in [1.807, 2.05) is 0 Å². The van der Waals surface area contributed by atoms with Gasteiger partial charge in [-0.1, -0.05) is 25.3 Å². The van der Waals surface area contributed by atoms with Gasteiger partial charge in [-0.3, -0.25) is 0 Å². The van der Waals surface area contributed by atoms with E-state index in [9.17, 15) is 4.39 Å². The van der Waals surface area contributed by atoms with Crippen molar-refractivity contribution in [3.8, 4) is 0 Å². The third-order valence-corrected chi connectivity index (χ3v) is 3.66. The second-order valence-electron chi connectivity index (χ2n) is 4.76. The van der Waals surface area contributed by atoms with Crippen molar-refractivity contribution >= 4 is 11.4 Å². The first kappa shape index (κ1) is 12.2. The van der Waals surface area contributed by atoms with Gasteiger partial charge >= 0.3 is 0 Å².